The van der Waals surface area contributed by atoms with E-state index in [0.717, 1.165) is 50.0 Å². The van der Waals surface area contributed by atoms with Gasteiger partial charge in [0.1, 0.15) is 11.8 Å². The van der Waals surface area contributed by atoms with E-state index in [0.29, 0.717) is 35.1 Å². The molecular formula is C34H38N2O5. The Morgan fingerprint density at radius 3 is 2.24 bits per heavy atom. The molecule has 0 heterocycles. The van der Waals surface area contributed by atoms with E-state index in [1.165, 1.54) is 6.42 Å². The Labute approximate surface area is 241 Å². The number of Topliss-reactive ketones (excluding diaryl/α,β-unsaturated/α-hetero) is 1. The normalized spacial score (nSPS) is 16.3. The van der Waals surface area contributed by atoms with Crippen molar-refractivity contribution in [3.8, 4) is 5.75 Å². The smallest absolute Gasteiger partial charge is 0.326 e. The zero-order valence-corrected chi connectivity index (χ0v) is 23.3. The molecule has 2 aliphatic rings. The van der Waals surface area contributed by atoms with E-state index in [-0.39, 0.29) is 24.2 Å². The second kappa shape index (κ2) is 13.6. The number of carbonyl (C=O) groups is 3. The third-order valence-electron chi connectivity index (χ3n) is 8.06. The van der Waals surface area contributed by atoms with Gasteiger partial charge in [0.2, 0.25) is 0 Å². The fourth-order valence-corrected chi connectivity index (χ4v) is 5.29. The van der Waals surface area contributed by atoms with Crippen LogP contribution in [0, 0.1) is 11.8 Å². The van der Waals surface area contributed by atoms with Crippen LogP contribution in [0.3, 0.4) is 0 Å². The van der Waals surface area contributed by atoms with Gasteiger partial charge in [0.05, 0.1) is 12.6 Å². The summed E-state index contributed by atoms with van der Waals surface area (Å²) in [5.74, 6) is 0.749. The Hall–Kier alpha value is -3.97. The van der Waals surface area contributed by atoms with Crippen LogP contribution in [0.4, 0.5) is 5.69 Å². The predicted octanol–water partition coefficient (Wildman–Crippen LogP) is 5.53. The quantitative estimate of drug-likeness (QED) is 0.158. The zero-order valence-electron chi connectivity index (χ0n) is 23.3. The zero-order chi connectivity index (χ0) is 28.6. The monoisotopic (exact) mass is 554 g/mol. The number of carboxylic acid groups (broad SMARTS) is 1. The molecule has 41 heavy (non-hydrogen) atoms. The van der Waals surface area contributed by atoms with Crippen LogP contribution >= 0.6 is 0 Å². The summed E-state index contributed by atoms with van der Waals surface area (Å²) in [6.07, 6.45) is 6.61. The number of nitrogens with one attached hydrogen (secondary N) is 2. The molecule has 2 fully saturated rings. The SMILES string of the molecule is O=C(c1ccccc1)c1ccccc1N[C@@H](Cc1ccc(OCCCNC(C(=O)C2CCC2)C2CC2)cc1)C(=O)O. The molecule has 5 rings (SSSR count). The van der Waals surface area contributed by atoms with Crippen molar-refractivity contribution in [3.63, 3.8) is 0 Å². The molecule has 0 amide bonds. The van der Waals surface area contributed by atoms with Crippen molar-refractivity contribution in [1.82, 2.24) is 5.32 Å². The number of hydrogen-bond acceptors (Lipinski definition) is 6. The molecule has 1 unspecified atom stereocenters. The van der Waals surface area contributed by atoms with E-state index < -0.39 is 12.0 Å². The standard InChI is InChI=1S/C34H38N2O5/c37-32(25-8-2-1-3-9-25)28-12-4-5-13-29(28)36-30(34(39)40)22-23-14-18-27(19-15-23)41-21-7-20-35-31(24-16-17-24)33(38)26-10-6-11-26/h1-5,8-9,12-15,18-19,24,26,30-31,35-36H,6-7,10-11,16-17,20-22H2,(H,39,40)/t30-,31?/m0/s1. The first kappa shape index (κ1) is 28.6. The van der Waals surface area contributed by atoms with Gasteiger partial charge in [-0.1, -0.05) is 61.0 Å². The van der Waals surface area contributed by atoms with Crippen LogP contribution in [-0.4, -0.2) is 47.9 Å². The minimum absolute atomic E-state index is 0.0128. The Kier molecular flexibility index (Phi) is 9.47. The summed E-state index contributed by atoms with van der Waals surface area (Å²) in [6, 6.07) is 22.5. The van der Waals surface area contributed by atoms with Crippen LogP contribution in [0.1, 0.15) is 60.0 Å². The molecule has 7 heteroatoms. The lowest BCUT2D eigenvalue weighted by atomic mass is 9.79. The molecule has 0 bridgehead atoms. The first-order chi connectivity index (χ1) is 20.0. The van der Waals surface area contributed by atoms with Crippen molar-refractivity contribution in [3.05, 3.63) is 95.6 Å². The number of anilines is 1. The van der Waals surface area contributed by atoms with Gasteiger partial charge < -0.3 is 20.5 Å². The van der Waals surface area contributed by atoms with Crippen molar-refractivity contribution in [2.75, 3.05) is 18.5 Å². The largest absolute Gasteiger partial charge is 0.494 e. The first-order valence-corrected chi connectivity index (χ1v) is 14.7. The lowest BCUT2D eigenvalue weighted by Crippen LogP contribution is -2.44. The third kappa shape index (κ3) is 7.61. The fraction of sp³-hybridized carbons (Fsp3) is 0.382. The molecule has 0 spiro atoms. The Balaban J connectivity index is 1.11. The van der Waals surface area contributed by atoms with Gasteiger partial charge in [0.15, 0.2) is 11.6 Å². The first-order valence-electron chi connectivity index (χ1n) is 14.7. The van der Waals surface area contributed by atoms with Gasteiger partial charge in [-0.15, -0.1) is 0 Å². The van der Waals surface area contributed by atoms with Gasteiger partial charge in [0.25, 0.3) is 0 Å². The van der Waals surface area contributed by atoms with Crippen LogP contribution in [0.2, 0.25) is 0 Å². The highest BCUT2D eigenvalue weighted by Gasteiger charge is 2.40. The lowest BCUT2D eigenvalue weighted by molar-refractivity contribution is -0.137. The molecule has 3 N–H and O–H groups in total. The summed E-state index contributed by atoms with van der Waals surface area (Å²) in [5, 5.41) is 16.5. The molecule has 3 aromatic rings. The average Bonchev–Trinajstić information content (AvgIpc) is 3.80. The number of carbonyl (C=O) groups excluding carboxylic acids is 2. The highest BCUT2D eigenvalue weighted by atomic mass is 16.5. The predicted molar refractivity (Wildman–Crippen MR) is 158 cm³/mol. The fourth-order valence-electron chi connectivity index (χ4n) is 5.29. The van der Waals surface area contributed by atoms with E-state index in [4.69, 9.17) is 4.74 Å². The minimum Gasteiger partial charge on any atom is -0.494 e. The number of para-hydroxylation sites is 1. The van der Waals surface area contributed by atoms with Gasteiger partial charge >= 0.3 is 5.97 Å². The summed E-state index contributed by atoms with van der Waals surface area (Å²) in [7, 11) is 0. The maximum atomic E-state index is 13.1. The average molecular weight is 555 g/mol. The number of aliphatic carboxylic acids is 1. The van der Waals surface area contributed by atoms with E-state index in [2.05, 4.69) is 10.6 Å². The Bertz CT molecular complexity index is 1330. The molecule has 0 aliphatic heterocycles. The molecule has 2 saturated carbocycles. The van der Waals surface area contributed by atoms with Crippen molar-refractivity contribution in [2.24, 2.45) is 11.8 Å². The van der Waals surface area contributed by atoms with Gasteiger partial charge in [-0.3, -0.25) is 9.59 Å². The van der Waals surface area contributed by atoms with Crippen molar-refractivity contribution >= 4 is 23.2 Å². The van der Waals surface area contributed by atoms with Crippen LogP contribution in [0.15, 0.2) is 78.9 Å². The van der Waals surface area contributed by atoms with Gasteiger partial charge in [-0.2, -0.15) is 0 Å². The summed E-state index contributed by atoms with van der Waals surface area (Å²) in [4.78, 5) is 37.9. The number of ether oxygens (including phenoxy) is 1. The van der Waals surface area contributed by atoms with E-state index in [1.807, 2.05) is 30.3 Å². The van der Waals surface area contributed by atoms with Crippen molar-refractivity contribution in [1.29, 1.82) is 0 Å². The number of rotatable bonds is 16. The van der Waals surface area contributed by atoms with Crippen LogP contribution in [-0.2, 0) is 16.0 Å². The van der Waals surface area contributed by atoms with Gasteiger partial charge in [-0.25, -0.2) is 4.79 Å². The van der Waals surface area contributed by atoms with Crippen LogP contribution < -0.4 is 15.4 Å². The van der Waals surface area contributed by atoms with E-state index in [1.54, 1.807) is 48.5 Å². The van der Waals surface area contributed by atoms with E-state index >= 15 is 0 Å². The molecule has 7 nitrogen and oxygen atoms in total. The molecule has 0 aromatic heterocycles. The molecule has 0 saturated heterocycles. The Morgan fingerprint density at radius 1 is 0.878 bits per heavy atom. The third-order valence-corrected chi connectivity index (χ3v) is 8.06. The highest BCUT2D eigenvalue weighted by Crippen LogP contribution is 2.37. The molecule has 0 radical (unpaired) electrons. The maximum absolute atomic E-state index is 13.1. The van der Waals surface area contributed by atoms with Crippen LogP contribution in [0.25, 0.3) is 0 Å². The molecule has 2 atom stereocenters. The number of hydrogen-bond donors (Lipinski definition) is 3. The molecule has 3 aromatic carbocycles. The van der Waals surface area contributed by atoms with Crippen molar-refractivity contribution < 1.29 is 24.2 Å². The molecule has 2 aliphatic carbocycles. The van der Waals surface area contributed by atoms with Gasteiger partial charge in [-0.05, 0) is 74.4 Å². The lowest BCUT2D eigenvalue weighted by Gasteiger charge is -2.29. The topological polar surface area (TPSA) is 105 Å². The van der Waals surface area contributed by atoms with Gasteiger partial charge in [0, 0.05) is 29.2 Å². The highest BCUT2D eigenvalue weighted by molar-refractivity contribution is 6.12. The number of benzene rings is 3. The second-order valence-electron chi connectivity index (χ2n) is 11.1. The summed E-state index contributed by atoms with van der Waals surface area (Å²) in [6.45, 7) is 1.28. The van der Waals surface area contributed by atoms with Crippen molar-refractivity contribution in [2.45, 2.75) is 57.0 Å². The second-order valence-corrected chi connectivity index (χ2v) is 11.1. The number of carboxylic acids is 1. The summed E-state index contributed by atoms with van der Waals surface area (Å²) < 4.78 is 5.90. The minimum atomic E-state index is -1.000. The van der Waals surface area contributed by atoms with E-state index in [9.17, 15) is 19.5 Å². The Morgan fingerprint density at radius 2 is 1.59 bits per heavy atom. The maximum Gasteiger partial charge on any atom is 0.326 e. The number of ketones is 2. The molecule has 214 valence electrons. The molecular weight excluding hydrogens is 516 g/mol. The van der Waals surface area contributed by atoms with Crippen LogP contribution in [0.5, 0.6) is 5.75 Å². The summed E-state index contributed by atoms with van der Waals surface area (Å²) >= 11 is 0. The summed E-state index contributed by atoms with van der Waals surface area (Å²) in [5.41, 5.74) is 2.30.